The van der Waals surface area contributed by atoms with Crippen molar-refractivity contribution in [3.05, 3.63) is 11.8 Å². The number of nitrogens with zero attached hydrogens (tertiary/aromatic N) is 4. The standard InChI is InChI=1S/C15H23N5O/c1-3-6-16-15-17-9-11(2)14(18-15)19-7-8-20-12(10-19)4-5-13(20)21/h9,12H,3-8,10H2,1-2H3,(H,16,17,18). The van der Waals surface area contributed by atoms with Crippen LogP contribution in [-0.4, -0.2) is 53.0 Å². The molecular weight excluding hydrogens is 266 g/mol. The molecule has 1 atom stereocenters. The van der Waals surface area contributed by atoms with Crippen molar-refractivity contribution in [2.45, 2.75) is 39.2 Å². The minimum atomic E-state index is 0.310. The molecule has 1 amide bonds. The molecule has 114 valence electrons. The van der Waals surface area contributed by atoms with Gasteiger partial charge in [-0.15, -0.1) is 0 Å². The predicted molar refractivity (Wildman–Crippen MR) is 82.5 cm³/mol. The number of amides is 1. The molecule has 6 heteroatoms. The molecule has 0 radical (unpaired) electrons. The zero-order valence-electron chi connectivity index (χ0n) is 12.8. The lowest BCUT2D eigenvalue weighted by molar-refractivity contribution is -0.129. The molecule has 0 saturated carbocycles. The summed E-state index contributed by atoms with van der Waals surface area (Å²) in [6.07, 6.45) is 4.60. The third-order valence-electron chi connectivity index (χ3n) is 4.27. The smallest absolute Gasteiger partial charge is 0.224 e. The molecule has 2 aliphatic heterocycles. The Morgan fingerprint density at radius 1 is 1.43 bits per heavy atom. The van der Waals surface area contributed by atoms with E-state index in [1.807, 2.05) is 18.0 Å². The minimum absolute atomic E-state index is 0.310. The predicted octanol–water partition coefficient (Wildman–Crippen LogP) is 1.42. The first-order valence-corrected chi connectivity index (χ1v) is 7.81. The van der Waals surface area contributed by atoms with Crippen LogP contribution in [0.1, 0.15) is 31.7 Å². The number of fused-ring (bicyclic) bond motifs is 1. The fourth-order valence-electron chi connectivity index (χ4n) is 3.13. The quantitative estimate of drug-likeness (QED) is 0.908. The van der Waals surface area contributed by atoms with E-state index in [0.29, 0.717) is 24.3 Å². The maximum absolute atomic E-state index is 11.8. The Hall–Kier alpha value is -1.85. The highest BCUT2D eigenvalue weighted by Gasteiger charge is 2.36. The van der Waals surface area contributed by atoms with Crippen molar-refractivity contribution < 1.29 is 4.79 Å². The van der Waals surface area contributed by atoms with Gasteiger partial charge >= 0.3 is 0 Å². The van der Waals surface area contributed by atoms with Gasteiger partial charge in [0.1, 0.15) is 5.82 Å². The van der Waals surface area contributed by atoms with Crippen molar-refractivity contribution in [2.24, 2.45) is 0 Å². The van der Waals surface area contributed by atoms with E-state index in [4.69, 9.17) is 0 Å². The molecule has 2 aliphatic rings. The van der Waals surface area contributed by atoms with Gasteiger partial charge in [-0.25, -0.2) is 4.98 Å². The molecule has 2 fully saturated rings. The third-order valence-corrected chi connectivity index (χ3v) is 4.27. The Bertz CT molecular complexity index is 533. The van der Waals surface area contributed by atoms with E-state index in [-0.39, 0.29) is 0 Å². The summed E-state index contributed by atoms with van der Waals surface area (Å²) in [5, 5.41) is 3.24. The maximum Gasteiger partial charge on any atom is 0.224 e. The lowest BCUT2D eigenvalue weighted by Crippen LogP contribution is -2.52. The summed E-state index contributed by atoms with van der Waals surface area (Å²) in [6.45, 7) is 7.60. The van der Waals surface area contributed by atoms with Gasteiger partial charge in [0.25, 0.3) is 0 Å². The van der Waals surface area contributed by atoms with E-state index in [2.05, 4.69) is 27.1 Å². The van der Waals surface area contributed by atoms with E-state index in [9.17, 15) is 4.79 Å². The average molecular weight is 289 g/mol. The topological polar surface area (TPSA) is 61.4 Å². The van der Waals surface area contributed by atoms with Gasteiger partial charge in [0.15, 0.2) is 0 Å². The summed E-state index contributed by atoms with van der Waals surface area (Å²) in [6, 6.07) is 0.354. The van der Waals surface area contributed by atoms with Crippen molar-refractivity contribution >= 4 is 17.7 Å². The Labute approximate surface area is 125 Å². The third kappa shape index (κ3) is 2.80. The van der Waals surface area contributed by atoms with Gasteiger partial charge in [-0.2, -0.15) is 4.98 Å². The van der Waals surface area contributed by atoms with Crippen molar-refractivity contribution in [1.82, 2.24) is 14.9 Å². The molecule has 21 heavy (non-hydrogen) atoms. The number of hydrogen-bond donors (Lipinski definition) is 1. The molecule has 3 heterocycles. The van der Waals surface area contributed by atoms with Crippen molar-refractivity contribution in [3.8, 4) is 0 Å². The SMILES string of the molecule is CCCNc1ncc(C)c(N2CCN3C(=O)CCC3C2)n1. The van der Waals surface area contributed by atoms with Crippen LogP contribution in [0.15, 0.2) is 6.20 Å². The Morgan fingerprint density at radius 2 is 2.29 bits per heavy atom. The first-order valence-electron chi connectivity index (χ1n) is 7.81. The van der Waals surface area contributed by atoms with Crippen molar-refractivity contribution in [2.75, 3.05) is 36.4 Å². The lowest BCUT2D eigenvalue weighted by atomic mass is 10.1. The largest absolute Gasteiger partial charge is 0.354 e. The summed E-state index contributed by atoms with van der Waals surface area (Å²) >= 11 is 0. The van der Waals surface area contributed by atoms with Gasteiger partial charge in [-0.3, -0.25) is 4.79 Å². The van der Waals surface area contributed by atoms with Crippen LogP contribution in [0.4, 0.5) is 11.8 Å². The van der Waals surface area contributed by atoms with Crippen LogP contribution in [0.5, 0.6) is 0 Å². The number of hydrogen-bond acceptors (Lipinski definition) is 5. The molecule has 1 unspecified atom stereocenters. The normalized spacial score (nSPS) is 21.6. The highest BCUT2D eigenvalue weighted by Crippen LogP contribution is 2.27. The summed E-state index contributed by atoms with van der Waals surface area (Å²) in [5.74, 6) is 2.01. The van der Waals surface area contributed by atoms with Gasteiger partial charge in [-0.1, -0.05) is 6.92 Å². The van der Waals surface area contributed by atoms with Crippen LogP contribution in [0.2, 0.25) is 0 Å². The Morgan fingerprint density at radius 3 is 3.10 bits per heavy atom. The zero-order chi connectivity index (χ0) is 14.8. The number of piperazine rings is 1. The van der Waals surface area contributed by atoms with Gasteiger partial charge < -0.3 is 15.1 Å². The minimum Gasteiger partial charge on any atom is -0.354 e. The summed E-state index contributed by atoms with van der Waals surface area (Å²) in [7, 11) is 0. The molecule has 1 aromatic rings. The first-order chi connectivity index (χ1) is 10.2. The summed E-state index contributed by atoms with van der Waals surface area (Å²) < 4.78 is 0. The molecule has 0 aromatic carbocycles. The van der Waals surface area contributed by atoms with Crippen LogP contribution in [0.3, 0.4) is 0 Å². The molecular formula is C15H23N5O. The number of nitrogens with one attached hydrogen (secondary N) is 1. The highest BCUT2D eigenvalue weighted by atomic mass is 16.2. The second-order valence-electron chi connectivity index (χ2n) is 5.85. The number of carbonyl (C=O) groups is 1. The second-order valence-corrected chi connectivity index (χ2v) is 5.85. The van der Waals surface area contributed by atoms with Crippen LogP contribution in [0, 0.1) is 6.92 Å². The lowest BCUT2D eigenvalue weighted by Gasteiger charge is -2.38. The summed E-state index contributed by atoms with van der Waals surface area (Å²) in [5.41, 5.74) is 1.09. The molecule has 3 rings (SSSR count). The van der Waals surface area contributed by atoms with E-state index >= 15 is 0 Å². The summed E-state index contributed by atoms with van der Waals surface area (Å²) in [4.78, 5) is 25.1. The number of carbonyl (C=O) groups excluding carboxylic acids is 1. The van der Waals surface area contributed by atoms with Gasteiger partial charge in [-0.05, 0) is 19.8 Å². The molecule has 1 N–H and O–H groups in total. The van der Waals surface area contributed by atoms with E-state index in [1.54, 1.807) is 0 Å². The van der Waals surface area contributed by atoms with Gasteiger partial charge in [0.2, 0.25) is 11.9 Å². The Kier molecular flexibility index (Phi) is 3.94. The molecule has 0 bridgehead atoms. The van der Waals surface area contributed by atoms with E-state index < -0.39 is 0 Å². The second kappa shape index (κ2) is 5.87. The fraction of sp³-hybridized carbons (Fsp3) is 0.667. The average Bonchev–Trinajstić information content (AvgIpc) is 2.87. The van der Waals surface area contributed by atoms with Crippen LogP contribution < -0.4 is 10.2 Å². The van der Waals surface area contributed by atoms with Crippen molar-refractivity contribution in [3.63, 3.8) is 0 Å². The molecule has 6 nitrogen and oxygen atoms in total. The maximum atomic E-state index is 11.8. The molecule has 2 saturated heterocycles. The Balaban J connectivity index is 1.75. The number of aryl methyl sites for hydroxylation is 1. The van der Waals surface area contributed by atoms with Crippen molar-refractivity contribution in [1.29, 1.82) is 0 Å². The van der Waals surface area contributed by atoms with Crippen LogP contribution >= 0.6 is 0 Å². The monoisotopic (exact) mass is 289 g/mol. The van der Waals surface area contributed by atoms with E-state index in [1.165, 1.54) is 0 Å². The van der Waals surface area contributed by atoms with Crippen LogP contribution in [0.25, 0.3) is 0 Å². The number of anilines is 2. The van der Waals surface area contributed by atoms with Crippen LogP contribution in [-0.2, 0) is 4.79 Å². The molecule has 1 aromatic heterocycles. The number of rotatable bonds is 4. The zero-order valence-corrected chi connectivity index (χ0v) is 12.8. The molecule has 0 spiro atoms. The highest BCUT2D eigenvalue weighted by molar-refractivity contribution is 5.79. The molecule has 0 aliphatic carbocycles. The number of aromatic nitrogens is 2. The van der Waals surface area contributed by atoms with E-state index in [0.717, 1.165) is 50.4 Å². The van der Waals surface area contributed by atoms with Gasteiger partial charge in [0.05, 0.1) is 0 Å². The first kappa shape index (κ1) is 14.1. The fourth-order valence-corrected chi connectivity index (χ4v) is 3.13. The van der Waals surface area contributed by atoms with Gasteiger partial charge in [0, 0.05) is 50.4 Å².